The highest BCUT2D eigenvalue weighted by molar-refractivity contribution is 5.92. The highest BCUT2D eigenvalue weighted by atomic mass is 16.5. The van der Waals surface area contributed by atoms with Gasteiger partial charge in [-0.15, -0.1) is 5.10 Å². The van der Waals surface area contributed by atoms with Crippen LogP contribution in [0.2, 0.25) is 0 Å². The fourth-order valence-corrected chi connectivity index (χ4v) is 3.74. The van der Waals surface area contributed by atoms with Gasteiger partial charge in [0.05, 0.1) is 11.0 Å². The number of nitrogens with one attached hydrogen (secondary N) is 2. The van der Waals surface area contributed by atoms with Gasteiger partial charge in [0, 0.05) is 18.3 Å². The lowest BCUT2D eigenvalue weighted by molar-refractivity contribution is -0.117. The molecule has 0 unspecified atom stereocenters. The van der Waals surface area contributed by atoms with Gasteiger partial charge >= 0.3 is 5.69 Å². The number of nitrogens with zero attached hydrogens (tertiary/aromatic N) is 4. The quantitative estimate of drug-likeness (QED) is 0.381. The number of aromatic nitrogens is 4. The maximum Gasteiger partial charge on any atom is 0.351 e. The first-order valence-corrected chi connectivity index (χ1v) is 11.2. The molecule has 0 radical (unpaired) electrons. The molecule has 180 valence electrons. The fourth-order valence-electron chi connectivity index (χ4n) is 3.74. The molecule has 0 aliphatic rings. The SMILES string of the molecule is CC(=O)Nc1ccc(NC(=O)Cn2nc3c(Oc4ccc(C)cc4)nc4ccccc4n3c2=O)cc1. The largest absolute Gasteiger partial charge is 0.436 e. The third-order valence-electron chi connectivity index (χ3n) is 5.39. The van der Waals surface area contributed by atoms with Gasteiger partial charge in [0.25, 0.3) is 5.88 Å². The Bertz CT molecular complexity index is 1650. The lowest BCUT2D eigenvalue weighted by Crippen LogP contribution is -2.28. The molecule has 0 saturated heterocycles. The maximum absolute atomic E-state index is 13.3. The summed E-state index contributed by atoms with van der Waals surface area (Å²) in [6.07, 6.45) is 0. The zero-order chi connectivity index (χ0) is 25.2. The Balaban J connectivity index is 1.46. The van der Waals surface area contributed by atoms with Gasteiger partial charge < -0.3 is 15.4 Å². The Labute approximate surface area is 205 Å². The molecule has 36 heavy (non-hydrogen) atoms. The van der Waals surface area contributed by atoms with Crippen molar-refractivity contribution in [1.82, 2.24) is 19.2 Å². The molecule has 0 aliphatic heterocycles. The number of aryl methyl sites for hydroxylation is 1. The number of para-hydroxylation sites is 2. The van der Waals surface area contributed by atoms with Crippen molar-refractivity contribution in [2.24, 2.45) is 0 Å². The molecule has 3 aromatic carbocycles. The molecular weight excluding hydrogens is 460 g/mol. The number of anilines is 2. The number of hydrogen-bond acceptors (Lipinski definition) is 6. The van der Waals surface area contributed by atoms with E-state index in [1.54, 1.807) is 42.5 Å². The summed E-state index contributed by atoms with van der Waals surface area (Å²) in [5, 5.41) is 9.77. The Morgan fingerprint density at radius 1 is 0.917 bits per heavy atom. The number of carbonyl (C=O) groups is 2. The molecule has 5 aromatic rings. The van der Waals surface area contributed by atoms with E-state index in [0.717, 1.165) is 10.2 Å². The van der Waals surface area contributed by atoms with Gasteiger partial charge in [0.15, 0.2) is 0 Å². The van der Waals surface area contributed by atoms with E-state index < -0.39 is 11.6 Å². The van der Waals surface area contributed by atoms with E-state index in [1.165, 1.54) is 11.3 Å². The van der Waals surface area contributed by atoms with Gasteiger partial charge in [-0.25, -0.2) is 18.9 Å². The topological polar surface area (TPSA) is 120 Å². The third-order valence-corrected chi connectivity index (χ3v) is 5.39. The molecule has 2 N–H and O–H groups in total. The summed E-state index contributed by atoms with van der Waals surface area (Å²) < 4.78 is 8.45. The van der Waals surface area contributed by atoms with Crippen LogP contribution in [0.4, 0.5) is 11.4 Å². The molecule has 2 aromatic heterocycles. The second-order valence-electron chi connectivity index (χ2n) is 8.23. The molecule has 10 nitrogen and oxygen atoms in total. The minimum atomic E-state index is -0.492. The van der Waals surface area contributed by atoms with Crippen LogP contribution in [-0.4, -0.2) is 31.0 Å². The lowest BCUT2D eigenvalue weighted by Gasteiger charge is -2.07. The van der Waals surface area contributed by atoms with Crippen LogP contribution in [0, 0.1) is 6.92 Å². The van der Waals surface area contributed by atoms with Crippen molar-refractivity contribution in [2.45, 2.75) is 20.4 Å². The number of fused-ring (bicyclic) bond motifs is 3. The van der Waals surface area contributed by atoms with Crippen molar-refractivity contribution in [3.8, 4) is 11.6 Å². The number of rotatable bonds is 6. The Kier molecular flexibility index (Phi) is 5.91. The van der Waals surface area contributed by atoms with E-state index in [9.17, 15) is 14.4 Å². The minimum absolute atomic E-state index is 0.155. The Morgan fingerprint density at radius 2 is 1.58 bits per heavy atom. The highest BCUT2D eigenvalue weighted by Crippen LogP contribution is 2.26. The van der Waals surface area contributed by atoms with E-state index in [0.29, 0.717) is 28.2 Å². The number of amides is 2. The molecule has 0 saturated carbocycles. The monoisotopic (exact) mass is 482 g/mol. The summed E-state index contributed by atoms with van der Waals surface area (Å²) in [6.45, 7) is 3.07. The van der Waals surface area contributed by atoms with Gasteiger partial charge in [0.2, 0.25) is 17.5 Å². The molecule has 0 fully saturated rings. The predicted octanol–water partition coefficient (Wildman–Crippen LogP) is 3.74. The highest BCUT2D eigenvalue weighted by Gasteiger charge is 2.19. The van der Waals surface area contributed by atoms with Crippen molar-refractivity contribution < 1.29 is 14.3 Å². The molecular formula is C26H22N6O4. The van der Waals surface area contributed by atoms with E-state index in [-0.39, 0.29) is 24.0 Å². The first-order chi connectivity index (χ1) is 17.4. The van der Waals surface area contributed by atoms with E-state index in [4.69, 9.17) is 4.74 Å². The van der Waals surface area contributed by atoms with E-state index in [2.05, 4.69) is 20.7 Å². The minimum Gasteiger partial charge on any atom is -0.436 e. The van der Waals surface area contributed by atoms with Crippen LogP contribution >= 0.6 is 0 Å². The van der Waals surface area contributed by atoms with E-state index in [1.807, 2.05) is 37.3 Å². The van der Waals surface area contributed by atoms with Gasteiger partial charge in [0.1, 0.15) is 12.3 Å². The summed E-state index contributed by atoms with van der Waals surface area (Å²) in [7, 11) is 0. The lowest BCUT2D eigenvalue weighted by atomic mass is 10.2. The van der Waals surface area contributed by atoms with Crippen molar-refractivity contribution in [1.29, 1.82) is 0 Å². The molecule has 0 spiro atoms. The molecule has 10 heteroatoms. The Hall–Kier alpha value is -4.99. The summed E-state index contributed by atoms with van der Waals surface area (Å²) in [6, 6.07) is 21.2. The van der Waals surface area contributed by atoms with Crippen LogP contribution in [0.5, 0.6) is 11.6 Å². The summed E-state index contributed by atoms with van der Waals surface area (Å²) in [4.78, 5) is 41.7. The van der Waals surface area contributed by atoms with Gasteiger partial charge in [-0.2, -0.15) is 0 Å². The van der Waals surface area contributed by atoms with Crippen LogP contribution < -0.4 is 21.1 Å². The molecule has 0 bridgehead atoms. The number of ether oxygens (including phenoxy) is 1. The van der Waals surface area contributed by atoms with Crippen LogP contribution in [0.25, 0.3) is 16.7 Å². The van der Waals surface area contributed by atoms with Crippen LogP contribution in [0.15, 0.2) is 77.6 Å². The molecule has 0 atom stereocenters. The second-order valence-corrected chi connectivity index (χ2v) is 8.23. The average Bonchev–Trinajstić information content (AvgIpc) is 3.18. The normalized spacial score (nSPS) is 10.9. The van der Waals surface area contributed by atoms with Gasteiger partial charge in [-0.3, -0.25) is 9.59 Å². The van der Waals surface area contributed by atoms with Crippen LogP contribution in [-0.2, 0) is 16.1 Å². The predicted molar refractivity (Wildman–Crippen MR) is 135 cm³/mol. The summed E-state index contributed by atoms with van der Waals surface area (Å²) in [5.41, 5.74) is 3.01. The summed E-state index contributed by atoms with van der Waals surface area (Å²) in [5.74, 6) is 0.0758. The van der Waals surface area contributed by atoms with Crippen LogP contribution in [0.3, 0.4) is 0 Å². The fraction of sp³-hybridized carbons (Fsp3) is 0.115. The molecule has 5 rings (SSSR count). The second kappa shape index (κ2) is 9.34. The standard InChI is InChI=1S/C26H22N6O4/c1-16-7-13-20(14-8-16)36-25-24-30-31(26(35)32(24)22-6-4-3-5-21(22)29-25)15-23(34)28-19-11-9-18(10-12-19)27-17(2)33/h3-14H,15H2,1-2H3,(H,27,33)(H,28,34). The summed E-state index contributed by atoms with van der Waals surface area (Å²) >= 11 is 0. The van der Waals surface area contributed by atoms with Crippen molar-refractivity contribution in [3.63, 3.8) is 0 Å². The first kappa shape index (κ1) is 22.8. The zero-order valence-corrected chi connectivity index (χ0v) is 19.6. The van der Waals surface area contributed by atoms with Crippen molar-refractivity contribution in [3.05, 3.63) is 88.8 Å². The molecule has 0 aliphatic carbocycles. The van der Waals surface area contributed by atoms with Crippen molar-refractivity contribution >= 4 is 39.9 Å². The van der Waals surface area contributed by atoms with Gasteiger partial charge in [-0.1, -0.05) is 29.8 Å². The zero-order valence-electron chi connectivity index (χ0n) is 19.6. The number of benzene rings is 3. The van der Waals surface area contributed by atoms with Gasteiger partial charge in [-0.05, 0) is 55.5 Å². The van der Waals surface area contributed by atoms with Crippen molar-refractivity contribution in [2.75, 3.05) is 10.6 Å². The van der Waals surface area contributed by atoms with E-state index >= 15 is 0 Å². The first-order valence-electron chi connectivity index (χ1n) is 11.2. The smallest absolute Gasteiger partial charge is 0.351 e. The van der Waals surface area contributed by atoms with Crippen LogP contribution in [0.1, 0.15) is 12.5 Å². The average molecular weight is 483 g/mol. The Morgan fingerprint density at radius 3 is 2.28 bits per heavy atom. The number of carbonyl (C=O) groups excluding carboxylic acids is 2. The maximum atomic E-state index is 13.3. The molecule has 2 heterocycles. The molecule has 2 amide bonds. The number of hydrogen-bond donors (Lipinski definition) is 2. The third kappa shape index (κ3) is 4.64.